The molecule has 0 bridgehead atoms. The van der Waals surface area contributed by atoms with Gasteiger partial charge in [-0.1, -0.05) is 12.1 Å². The molecule has 0 saturated carbocycles. The Morgan fingerprint density at radius 2 is 1.07 bits per heavy atom. The van der Waals surface area contributed by atoms with Gasteiger partial charge >= 0.3 is 51.4 Å². The summed E-state index contributed by atoms with van der Waals surface area (Å²) in [6.07, 6.45) is 0. The van der Waals surface area contributed by atoms with Gasteiger partial charge in [-0.3, -0.25) is 9.11 Å². The summed E-state index contributed by atoms with van der Waals surface area (Å²) in [6, 6.07) is 4.19. The summed E-state index contributed by atoms with van der Waals surface area (Å²) in [6.45, 7) is 0. The van der Waals surface area contributed by atoms with Crippen molar-refractivity contribution in [2.75, 3.05) is 0 Å². The van der Waals surface area contributed by atoms with Gasteiger partial charge in [0.2, 0.25) is 0 Å². The van der Waals surface area contributed by atoms with E-state index in [1.165, 1.54) is 12.1 Å². The Morgan fingerprint density at radius 3 is 1.27 bits per heavy atom. The first-order chi connectivity index (χ1) is 6.23. The Hall–Kier alpha value is 0.676. The van der Waals surface area contributed by atoms with Gasteiger partial charge in [0, 0.05) is 0 Å². The molecule has 80 valence electrons. The third-order valence-corrected chi connectivity index (χ3v) is 3.36. The molecule has 15 heavy (non-hydrogen) atoms. The van der Waals surface area contributed by atoms with E-state index in [1.54, 1.807) is 0 Å². The van der Waals surface area contributed by atoms with Crippen LogP contribution in [0, 0.1) is 0 Å². The Balaban J connectivity index is 0.00000196. The van der Waals surface area contributed by atoms with Crippen LogP contribution >= 0.6 is 0 Å². The fourth-order valence-electron chi connectivity index (χ4n) is 0.876. The molecular weight excluding hydrogens is 271 g/mol. The van der Waals surface area contributed by atoms with Crippen LogP contribution in [-0.2, 0) is 20.2 Å². The SMILES string of the molecule is O=S(=O)(O)c1ccccc1S(=O)(=O)O.[KH]. The van der Waals surface area contributed by atoms with E-state index in [0.717, 1.165) is 12.1 Å². The molecular formula is C6H7KO6S2. The van der Waals surface area contributed by atoms with E-state index in [2.05, 4.69) is 0 Å². The van der Waals surface area contributed by atoms with Gasteiger partial charge in [-0.25, -0.2) is 0 Å². The molecule has 0 unspecified atom stereocenters. The first-order valence-corrected chi connectivity index (χ1v) is 6.15. The molecule has 1 aromatic rings. The molecule has 0 radical (unpaired) electrons. The van der Waals surface area contributed by atoms with Crippen LogP contribution in [0.2, 0.25) is 0 Å². The standard InChI is InChI=1S/C6H6O6S2.K.H/c7-13(8,9)5-3-1-2-4-6(5)14(10,11)12;;/h1-4H,(H,7,8,9)(H,10,11,12);;. The zero-order valence-corrected chi connectivity index (χ0v) is 8.29. The fourth-order valence-corrected chi connectivity index (χ4v) is 2.65. The third-order valence-electron chi connectivity index (χ3n) is 1.40. The number of rotatable bonds is 2. The maximum absolute atomic E-state index is 10.7. The maximum atomic E-state index is 10.7. The molecule has 2 N–H and O–H groups in total. The van der Waals surface area contributed by atoms with Gasteiger partial charge in [0.15, 0.2) is 0 Å². The minimum absolute atomic E-state index is 0. The van der Waals surface area contributed by atoms with E-state index in [9.17, 15) is 16.8 Å². The minimum atomic E-state index is -4.66. The van der Waals surface area contributed by atoms with Crippen molar-refractivity contribution in [2.24, 2.45) is 0 Å². The summed E-state index contributed by atoms with van der Waals surface area (Å²) in [5.74, 6) is 0. The predicted molar refractivity (Wildman–Crippen MR) is 53.2 cm³/mol. The van der Waals surface area contributed by atoms with Gasteiger partial charge in [0.25, 0.3) is 20.2 Å². The molecule has 0 aliphatic carbocycles. The second-order valence-electron chi connectivity index (χ2n) is 2.40. The van der Waals surface area contributed by atoms with Crippen LogP contribution in [0.3, 0.4) is 0 Å². The van der Waals surface area contributed by atoms with E-state index in [4.69, 9.17) is 9.11 Å². The van der Waals surface area contributed by atoms with E-state index in [0.29, 0.717) is 0 Å². The van der Waals surface area contributed by atoms with Crippen LogP contribution < -0.4 is 0 Å². The molecule has 0 heterocycles. The first-order valence-electron chi connectivity index (χ1n) is 3.27. The van der Waals surface area contributed by atoms with Crippen molar-refractivity contribution in [1.82, 2.24) is 0 Å². The average Bonchev–Trinajstić information content (AvgIpc) is 2.01. The average molecular weight is 278 g/mol. The van der Waals surface area contributed by atoms with Crippen molar-refractivity contribution in [3.8, 4) is 0 Å². The quantitative estimate of drug-likeness (QED) is 0.559. The molecule has 0 aliphatic heterocycles. The molecule has 0 amide bonds. The summed E-state index contributed by atoms with van der Waals surface area (Å²) < 4.78 is 60.0. The van der Waals surface area contributed by atoms with Crippen molar-refractivity contribution in [2.45, 2.75) is 9.79 Å². The number of hydrogen-bond acceptors (Lipinski definition) is 4. The van der Waals surface area contributed by atoms with Gasteiger partial charge in [-0.15, -0.1) is 0 Å². The van der Waals surface area contributed by atoms with Crippen LogP contribution in [0.25, 0.3) is 0 Å². The third kappa shape index (κ3) is 4.21. The van der Waals surface area contributed by atoms with Crippen LogP contribution in [0.5, 0.6) is 0 Å². The molecule has 0 atom stereocenters. The molecule has 0 aromatic heterocycles. The Kier molecular flexibility index (Phi) is 5.58. The first kappa shape index (κ1) is 15.7. The summed E-state index contributed by atoms with van der Waals surface area (Å²) in [7, 11) is -9.31. The number of benzene rings is 1. The van der Waals surface area contributed by atoms with E-state index < -0.39 is 30.0 Å². The van der Waals surface area contributed by atoms with Gasteiger partial charge < -0.3 is 0 Å². The molecule has 0 saturated heterocycles. The molecule has 1 aromatic carbocycles. The van der Waals surface area contributed by atoms with Gasteiger partial charge in [-0.05, 0) is 12.1 Å². The van der Waals surface area contributed by atoms with Crippen molar-refractivity contribution in [3.63, 3.8) is 0 Å². The normalized spacial score (nSPS) is 11.9. The van der Waals surface area contributed by atoms with Crippen LogP contribution in [0.15, 0.2) is 34.1 Å². The Bertz CT molecular complexity index is 496. The van der Waals surface area contributed by atoms with Crippen LogP contribution in [0.4, 0.5) is 0 Å². The zero-order valence-electron chi connectivity index (χ0n) is 6.65. The summed E-state index contributed by atoms with van der Waals surface area (Å²) >= 11 is 0. The second kappa shape index (κ2) is 5.34. The topological polar surface area (TPSA) is 109 Å². The predicted octanol–water partition coefficient (Wildman–Crippen LogP) is -0.468. The summed E-state index contributed by atoms with van der Waals surface area (Å²) in [5, 5.41) is 0. The van der Waals surface area contributed by atoms with Gasteiger partial charge in [0.1, 0.15) is 9.79 Å². The zero-order chi connectivity index (χ0) is 11.0. The molecule has 6 nitrogen and oxygen atoms in total. The van der Waals surface area contributed by atoms with Crippen LogP contribution in [0.1, 0.15) is 0 Å². The van der Waals surface area contributed by atoms with Gasteiger partial charge in [0.05, 0.1) is 0 Å². The van der Waals surface area contributed by atoms with E-state index >= 15 is 0 Å². The Morgan fingerprint density at radius 1 is 0.800 bits per heavy atom. The molecule has 9 heteroatoms. The fraction of sp³-hybridized carbons (Fsp3) is 0. The monoisotopic (exact) mass is 278 g/mol. The molecule has 1 rings (SSSR count). The van der Waals surface area contributed by atoms with Crippen molar-refractivity contribution in [3.05, 3.63) is 24.3 Å². The van der Waals surface area contributed by atoms with Crippen molar-refractivity contribution in [1.29, 1.82) is 0 Å². The molecule has 0 aliphatic rings. The van der Waals surface area contributed by atoms with E-state index in [1.807, 2.05) is 0 Å². The van der Waals surface area contributed by atoms with Crippen LogP contribution in [-0.4, -0.2) is 77.3 Å². The summed E-state index contributed by atoms with van der Waals surface area (Å²) in [5.41, 5.74) is 0. The van der Waals surface area contributed by atoms with Gasteiger partial charge in [-0.2, -0.15) is 16.8 Å². The number of hydrogen-bond donors (Lipinski definition) is 2. The second-order valence-corrected chi connectivity index (χ2v) is 5.18. The van der Waals surface area contributed by atoms with E-state index in [-0.39, 0.29) is 51.4 Å². The Labute approximate surface area is 130 Å². The molecule has 0 spiro atoms. The van der Waals surface area contributed by atoms with Crippen molar-refractivity contribution < 1.29 is 25.9 Å². The molecule has 0 fully saturated rings. The van der Waals surface area contributed by atoms with Crippen molar-refractivity contribution >= 4 is 71.6 Å². The summed E-state index contributed by atoms with van der Waals surface area (Å²) in [4.78, 5) is -1.69.